The fraction of sp³-hybridized carbons (Fsp3) is 0.273. The Kier molecular flexibility index (Phi) is 6.73. The summed E-state index contributed by atoms with van der Waals surface area (Å²) in [5.41, 5.74) is 0.631. The number of ether oxygens (including phenoxy) is 2. The molecule has 2 N–H and O–H groups in total. The smallest absolute Gasteiger partial charge is 0.416 e. The molecule has 0 bridgehead atoms. The molecule has 10 heteroatoms. The number of anilines is 1. The number of aryl methyl sites for hydroxylation is 1. The van der Waals surface area contributed by atoms with E-state index < -0.39 is 23.6 Å². The maximum absolute atomic E-state index is 12.7. The highest BCUT2D eigenvalue weighted by atomic mass is 19.4. The van der Waals surface area contributed by atoms with Crippen LogP contribution in [0.25, 0.3) is 0 Å². The van der Waals surface area contributed by atoms with Gasteiger partial charge in [-0.3, -0.25) is 4.79 Å². The van der Waals surface area contributed by atoms with Crippen LogP contribution in [0.3, 0.4) is 0 Å². The summed E-state index contributed by atoms with van der Waals surface area (Å²) in [6.45, 7) is 1.58. The van der Waals surface area contributed by atoms with Crippen molar-refractivity contribution in [3.05, 3.63) is 64.9 Å². The monoisotopic (exact) mass is 450 g/mol. The van der Waals surface area contributed by atoms with Gasteiger partial charge in [0.15, 0.2) is 0 Å². The molecule has 0 unspecified atom stereocenters. The third kappa shape index (κ3) is 5.02. The summed E-state index contributed by atoms with van der Waals surface area (Å²) in [7, 11) is 1.21. The van der Waals surface area contributed by atoms with Gasteiger partial charge in [0, 0.05) is 12.2 Å². The lowest BCUT2D eigenvalue weighted by molar-refractivity contribution is -0.138. The average molecular weight is 450 g/mol. The SMILES string of the molecule is COC(=O)C1=C(Nc2ccc(Oc3ccc(C(F)(F)F)cc3)cc2C)C(=O)N(CCO)C1. The molecule has 1 heterocycles. The van der Waals surface area contributed by atoms with Crippen LogP contribution in [0.5, 0.6) is 11.5 Å². The van der Waals surface area contributed by atoms with Gasteiger partial charge in [-0.2, -0.15) is 13.2 Å². The Labute approximate surface area is 182 Å². The van der Waals surface area contributed by atoms with E-state index in [1.807, 2.05) is 0 Å². The van der Waals surface area contributed by atoms with Crippen molar-refractivity contribution in [3.63, 3.8) is 0 Å². The lowest BCUT2D eigenvalue weighted by Crippen LogP contribution is -2.31. The topological polar surface area (TPSA) is 88.1 Å². The van der Waals surface area contributed by atoms with Gasteiger partial charge in [0.25, 0.3) is 5.91 Å². The highest BCUT2D eigenvalue weighted by Gasteiger charge is 2.34. The Hall–Kier alpha value is -3.53. The second kappa shape index (κ2) is 9.31. The van der Waals surface area contributed by atoms with Crippen LogP contribution in [0.15, 0.2) is 53.7 Å². The Morgan fingerprint density at radius 2 is 1.81 bits per heavy atom. The van der Waals surface area contributed by atoms with Crippen LogP contribution in [0.1, 0.15) is 11.1 Å². The maximum atomic E-state index is 12.7. The number of aliphatic hydroxyl groups is 1. The molecule has 0 fully saturated rings. The molecule has 32 heavy (non-hydrogen) atoms. The second-order valence-electron chi connectivity index (χ2n) is 7.02. The first-order valence-electron chi connectivity index (χ1n) is 9.58. The van der Waals surface area contributed by atoms with Crippen LogP contribution in [0, 0.1) is 6.92 Å². The third-order valence-electron chi connectivity index (χ3n) is 4.83. The fourth-order valence-corrected chi connectivity index (χ4v) is 3.17. The lowest BCUT2D eigenvalue weighted by Gasteiger charge is -2.16. The Morgan fingerprint density at radius 3 is 2.38 bits per heavy atom. The number of carbonyl (C=O) groups is 2. The largest absolute Gasteiger partial charge is 0.466 e. The second-order valence-corrected chi connectivity index (χ2v) is 7.02. The number of rotatable bonds is 7. The molecule has 170 valence electrons. The van der Waals surface area contributed by atoms with Crippen molar-refractivity contribution in [2.24, 2.45) is 0 Å². The van der Waals surface area contributed by atoms with Crippen LogP contribution in [0.2, 0.25) is 0 Å². The van der Waals surface area contributed by atoms with E-state index in [2.05, 4.69) is 5.32 Å². The first-order valence-corrected chi connectivity index (χ1v) is 9.58. The molecule has 0 aliphatic carbocycles. The summed E-state index contributed by atoms with van der Waals surface area (Å²) in [4.78, 5) is 26.0. The van der Waals surface area contributed by atoms with E-state index in [0.29, 0.717) is 17.0 Å². The molecule has 0 aromatic heterocycles. The minimum Gasteiger partial charge on any atom is -0.466 e. The van der Waals surface area contributed by atoms with Gasteiger partial charge in [0.2, 0.25) is 0 Å². The number of methoxy groups -OCH3 is 1. The first kappa shape index (κ1) is 23.1. The van der Waals surface area contributed by atoms with Crippen LogP contribution in [-0.4, -0.2) is 48.7 Å². The standard InChI is InChI=1S/C22H21F3N2O5/c1-13-11-16(32-15-5-3-14(4-6-15)22(23,24)25)7-8-18(13)26-19-17(21(30)31-2)12-27(9-10-28)20(19)29/h3-8,11,26,28H,9-10,12H2,1-2H3. The van der Waals surface area contributed by atoms with Crippen molar-refractivity contribution in [1.29, 1.82) is 0 Å². The molecule has 0 radical (unpaired) electrons. The Balaban J connectivity index is 1.78. The zero-order valence-corrected chi connectivity index (χ0v) is 17.3. The zero-order chi connectivity index (χ0) is 23.5. The molecular weight excluding hydrogens is 429 g/mol. The Morgan fingerprint density at radius 1 is 1.16 bits per heavy atom. The van der Waals surface area contributed by atoms with Crippen LogP contribution in [-0.2, 0) is 20.5 Å². The molecular formula is C22H21F3N2O5. The van der Waals surface area contributed by atoms with Gasteiger partial charge in [0.1, 0.15) is 17.2 Å². The van der Waals surface area contributed by atoms with Crippen molar-refractivity contribution in [2.75, 3.05) is 32.1 Å². The number of halogens is 3. The maximum Gasteiger partial charge on any atom is 0.416 e. The van der Waals surface area contributed by atoms with Gasteiger partial charge >= 0.3 is 12.1 Å². The predicted octanol–water partition coefficient (Wildman–Crippen LogP) is 3.48. The number of carbonyl (C=O) groups excluding carboxylic acids is 2. The van der Waals surface area contributed by atoms with Crippen molar-refractivity contribution in [2.45, 2.75) is 13.1 Å². The van der Waals surface area contributed by atoms with E-state index in [9.17, 15) is 22.8 Å². The van der Waals surface area contributed by atoms with E-state index in [4.69, 9.17) is 14.6 Å². The molecule has 3 rings (SSSR count). The number of β-amino-alcohol motifs (C(OH)–C–C–N with tert-alkyl or cyclic N) is 1. The van der Waals surface area contributed by atoms with Gasteiger partial charge < -0.3 is 24.8 Å². The average Bonchev–Trinajstić information content (AvgIpc) is 3.05. The number of hydrogen-bond acceptors (Lipinski definition) is 6. The number of amides is 1. The number of nitrogens with one attached hydrogen (secondary N) is 1. The van der Waals surface area contributed by atoms with Crippen LogP contribution < -0.4 is 10.1 Å². The van der Waals surface area contributed by atoms with Crippen molar-refractivity contribution in [3.8, 4) is 11.5 Å². The van der Waals surface area contributed by atoms with E-state index >= 15 is 0 Å². The molecule has 1 amide bonds. The molecule has 0 saturated carbocycles. The summed E-state index contributed by atoms with van der Waals surface area (Å²) in [6, 6.07) is 9.17. The third-order valence-corrected chi connectivity index (χ3v) is 4.83. The molecule has 1 aliphatic rings. The molecule has 7 nitrogen and oxygen atoms in total. The van der Waals surface area contributed by atoms with Crippen LogP contribution in [0.4, 0.5) is 18.9 Å². The number of alkyl halides is 3. The number of aliphatic hydroxyl groups excluding tert-OH is 1. The molecule has 0 saturated heterocycles. The highest BCUT2D eigenvalue weighted by Crippen LogP contribution is 2.32. The summed E-state index contributed by atoms with van der Waals surface area (Å²) in [6.07, 6.45) is -4.43. The molecule has 0 spiro atoms. The molecule has 2 aromatic carbocycles. The first-order chi connectivity index (χ1) is 15.1. The summed E-state index contributed by atoms with van der Waals surface area (Å²) < 4.78 is 48.4. The van der Waals surface area contributed by atoms with Crippen molar-refractivity contribution in [1.82, 2.24) is 4.90 Å². The van der Waals surface area contributed by atoms with E-state index in [0.717, 1.165) is 12.1 Å². The van der Waals surface area contributed by atoms with Gasteiger partial charge in [0.05, 0.1) is 31.4 Å². The molecule has 1 aliphatic heterocycles. The number of benzene rings is 2. The number of nitrogens with zero attached hydrogens (tertiary/aromatic N) is 1. The highest BCUT2D eigenvalue weighted by molar-refractivity contribution is 6.08. The Bertz CT molecular complexity index is 1050. The summed E-state index contributed by atoms with van der Waals surface area (Å²) in [5, 5.41) is 12.1. The van der Waals surface area contributed by atoms with E-state index in [-0.39, 0.29) is 36.7 Å². The van der Waals surface area contributed by atoms with E-state index in [1.165, 1.54) is 24.1 Å². The predicted molar refractivity (Wildman–Crippen MR) is 109 cm³/mol. The van der Waals surface area contributed by atoms with Gasteiger partial charge in [-0.15, -0.1) is 0 Å². The van der Waals surface area contributed by atoms with Gasteiger partial charge in [-0.05, 0) is 55.0 Å². The van der Waals surface area contributed by atoms with E-state index in [1.54, 1.807) is 25.1 Å². The minimum absolute atomic E-state index is 0.0164. The van der Waals surface area contributed by atoms with Crippen molar-refractivity contribution >= 4 is 17.6 Å². The number of esters is 1. The lowest BCUT2D eigenvalue weighted by atomic mass is 10.1. The van der Waals surface area contributed by atoms with Crippen LogP contribution >= 0.6 is 0 Å². The zero-order valence-electron chi connectivity index (χ0n) is 17.3. The molecule has 0 atom stereocenters. The number of hydrogen-bond donors (Lipinski definition) is 2. The summed E-state index contributed by atoms with van der Waals surface area (Å²) >= 11 is 0. The normalized spacial score (nSPS) is 14.1. The molecule has 2 aromatic rings. The fourth-order valence-electron chi connectivity index (χ4n) is 3.17. The van der Waals surface area contributed by atoms with Gasteiger partial charge in [-0.1, -0.05) is 0 Å². The van der Waals surface area contributed by atoms with Crippen molar-refractivity contribution < 1.29 is 37.3 Å². The minimum atomic E-state index is -4.43. The quantitative estimate of drug-likeness (QED) is 0.628. The summed E-state index contributed by atoms with van der Waals surface area (Å²) in [5.74, 6) is -0.473. The van der Waals surface area contributed by atoms with Gasteiger partial charge in [-0.25, -0.2) is 4.79 Å².